The Hall–Kier alpha value is -0.380. The molecule has 0 saturated heterocycles. The molecule has 0 amide bonds. The van der Waals surface area contributed by atoms with Crippen LogP contribution in [-0.4, -0.2) is 31.7 Å². The maximum absolute atomic E-state index is 8.44. The van der Waals surface area contributed by atoms with E-state index in [-0.39, 0.29) is 6.61 Å². The molecule has 3 nitrogen and oxygen atoms in total. The van der Waals surface area contributed by atoms with E-state index in [4.69, 9.17) is 14.6 Å². The van der Waals surface area contributed by atoms with Crippen LogP contribution in [0.15, 0.2) is 12.2 Å². The normalized spacial score (nSPS) is 11.2. The van der Waals surface area contributed by atoms with E-state index in [1.165, 1.54) is 0 Å². The lowest BCUT2D eigenvalue weighted by molar-refractivity contribution is -0.0476. The van der Waals surface area contributed by atoms with Gasteiger partial charge in [-0.05, 0) is 19.8 Å². The molecule has 0 fully saturated rings. The summed E-state index contributed by atoms with van der Waals surface area (Å²) >= 11 is 0. The fourth-order valence-corrected chi connectivity index (χ4v) is 0.663. The Morgan fingerprint density at radius 3 is 2.58 bits per heavy atom. The molecule has 0 heterocycles. The zero-order valence-electron chi connectivity index (χ0n) is 7.66. The van der Waals surface area contributed by atoms with Crippen molar-refractivity contribution < 1.29 is 14.6 Å². The van der Waals surface area contributed by atoms with Crippen molar-refractivity contribution in [2.75, 3.05) is 26.6 Å². The molecule has 0 aliphatic heterocycles. The Labute approximate surface area is 74.0 Å². The first-order valence-electron chi connectivity index (χ1n) is 4.33. The Kier molecular flexibility index (Phi) is 10.3. The molecule has 0 aliphatic rings. The molecule has 0 atom stereocenters. The molecule has 0 bridgehead atoms. The van der Waals surface area contributed by atoms with Crippen molar-refractivity contribution in [1.82, 2.24) is 0 Å². The minimum atomic E-state index is 0.219. The van der Waals surface area contributed by atoms with Crippen LogP contribution in [0.2, 0.25) is 0 Å². The van der Waals surface area contributed by atoms with E-state index in [1.807, 2.05) is 19.1 Å². The molecule has 1 N–H and O–H groups in total. The molecule has 0 aromatic heterocycles. The second kappa shape index (κ2) is 10.6. The van der Waals surface area contributed by atoms with Gasteiger partial charge in [0.15, 0.2) is 0 Å². The average Bonchev–Trinajstić information content (AvgIpc) is 2.10. The molecule has 0 aromatic carbocycles. The Balaban J connectivity index is 2.90. The summed E-state index contributed by atoms with van der Waals surface area (Å²) < 4.78 is 10.1. The van der Waals surface area contributed by atoms with E-state index in [9.17, 15) is 0 Å². The van der Waals surface area contributed by atoms with Crippen molar-refractivity contribution >= 4 is 0 Å². The molecule has 12 heavy (non-hydrogen) atoms. The van der Waals surface area contributed by atoms with Gasteiger partial charge in [0, 0.05) is 13.2 Å². The van der Waals surface area contributed by atoms with E-state index in [0.717, 1.165) is 12.8 Å². The molecule has 0 spiro atoms. The van der Waals surface area contributed by atoms with Crippen LogP contribution < -0.4 is 0 Å². The van der Waals surface area contributed by atoms with Gasteiger partial charge in [-0.25, -0.2) is 0 Å². The Morgan fingerprint density at radius 1 is 1.17 bits per heavy atom. The molecular weight excluding hydrogens is 156 g/mol. The van der Waals surface area contributed by atoms with E-state index < -0.39 is 0 Å². The van der Waals surface area contributed by atoms with Crippen LogP contribution in [0.4, 0.5) is 0 Å². The zero-order chi connectivity index (χ0) is 9.07. The lowest BCUT2D eigenvalue weighted by Gasteiger charge is -2.00. The van der Waals surface area contributed by atoms with Crippen LogP contribution in [0.25, 0.3) is 0 Å². The van der Waals surface area contributed by atoms with Crippen LogP contribution in [0.1, 0.15) is 19.8 Å². The van der Waals surface area contributed by atoms with E-state index in [0.29, 0.717) is 20.0 Å². The summed E-state index contributed by atoms with van der Waals surface area (Å²) in [7, 11) is 0. The maximum atomic E-state index is 8.44. The molecule has 0 saturated carbocycles. The summed E-state index contributed by atoms with van der Waals surface area (Å²) in [6, 6.07) is 0. The van der Waals surface area contributed by atoms with E-state index in [1.54, 1.807) is 0 Å². The van der Waals surface area contributed by atoms with Gasteiger partial charge in [0.25, 0.3) is 0 Å². The standard InChI is InChI=1S/C9H18O3/c1-2-11-9-12-8-6-4-3-5-7-10/h3-4,10H,2,5-9H2,1H3/b4-3-. The van der Waals surface area contributed by atoms with Crippen molar-refractivity contribution in [2.24, 2.45) is 0 Å². The van der Waals surface area contributed by atoms with Gasteiger partial charge in [-0.2, -0.15) is 0 Å². The van der Waals surface area contributed by atoms with Crippen LogP contribution in [0.5, 0.6) is 0 Å². The van der Waals surface area contributed by atoms with Crippen molar-refractivity contribution in [1.29, 1.82) is 0 Å². The van der Waals surface area contributed by atoms with Gasteiger partial charge in [0.2, 0.25) is 0 Å². The number of ether oxygens (including phenoxy) is 2. The topological polar surface area (TPSA) is 38.7 Å². The molecule has 0 rings (SSSR count). The van der Waals surface area contributed by atoms with Crippen molar-refractivity contribution in [3.63, 3.8) is 0 Å². The highest BCUT2D eigenvalue weighted by molar-refractivity contribution is 4.80. The summed E-state index contributed by atoms with van der Waals surface area (Å²) in [5, 5.41) is 8.44. The van der Waals surface area contributed by atoms with E-state index >= 15 is 0 Å². The van der Waals surface area contributed by atoms with Gasteiger partial charge in [-0.3, -0.25) is 0 Å². The first-order valence-corrected chi connectivity index (χ1v) is 4.33. The van der Waals surface area contributed by atoms with Crippen molar-refractivity contribution in [3.8, 4) is 0 Å². The third kappa shape index (κ3) is 9.62. The van der Waals surface area contributed by atoms with Crippen LogP contribution in [0.3, 0.4) is 0 Å². The van der Waals surface area contributed by atoms with Gasteiger partial charge in [0.05, 0.1) is 6.61 Å². The van der Waals surface area contributed by atoms with Crippen molar-refractivity contribution in [3.05, 3.63) is 12.2 Å². The summed E-state index contributed by atoms with van der Waals surface area (Å²) in [6.07, 6.45) is 5.56. The monoisotopic (exact) mass is 174 g/mol. The molecule has 0 aromatic rings. The highest BCUT2D eigenvalue weighted by atomic mass is 16.7. The van der Waals surface area contributed by atoms with Gasteiger partial charge < -0.3 is 14.6 Å². The van der Waals surface area contributed by atoms with E-state index in [2.05, 4.69) is 0 Å². The number of aliphatic hydroxyl groups is 1. The Bertz CT molecular complexity index is 102. The highest BCUT2D eigenvalue weighted by Gasteiger charge is 1.83. The smallest absolute Gasteiger partial charge is 0.146 e. The SMILES string of the molecule is CCOCOCC/C=C\CCO. The molecule has 72 valence electrons. The predicted octanol–water partition coefficient (Wildman–Crippen LogP) is 1.33. The molecule has 0 radical (unpaired) electrons. The van der Waals surface area contributed by atoms with Gasteiger partial charge in [-0.15, -0.1) is 0 Å². The summed E-state index contributed by atoms with van der Waals surface area (Å²) in [4.78, 5) is 0. The highest BCUT2D eigenvalue weighted by Crippen LogP contribution is 1.88. The third-order valence-electron chi connectivity index (χ3n) is 1.26. The Morgan fingerprint density at radius 2 is 1.92 bits per heavy atom. The van der Waals surface area contributed by atoms with Gasteiger partial charge in [0.1, 0.15) is 6.79 Å². The quantitative estimate of drug-likeness (QED) is 0.343. The lowest BCUT2D eigenvalue weighted by Crippen LogP contribution is -1.99. The largest absolute Gasteiger partial charge is 0.396 e. The second-order valence-corrected chi connectivity index (χ2v) is 2.29. The first-order chi connectivity index (χ1) is 5.91. The van der Waals surface area contributed by atoms with Crippen molar-refractivity contribution in [2.45, 2.75) is 19.8 Å². The summed E-state index contributed by atoms with van der Waals surface area (Å²) in [6.45, 7) is 3.91. The van der Waals surface area contributed by atoms with Crippen LogP contribution in [-0.2, 0) is 9.47 Å². The molecular formula is C9H18O3. The van der Waals surface area contributed by atoms with Crippen LogP contribution >= 0.6 is 0 Å². The maximum Gasteiger partial charge on any atom is 0.146 e. The second-order valence-electron chi connectivity index (χ2n) is 2.29. The molecule has 0 unspecified atom stereocenters. The number of hydrogen-bond donors (Lipinski definition) is 1. The zero-order valence-corrected chi connectivity index (χ0v) is 7.66. The minimum absolute atomic E-state index is 0.219. The third-order valence-corrected chi connectivity index (χ3v) is 1.26. The van der Waals surface area contributed by atoms with Gasteiger partial charge >= 0.3 is 0 Å². The molecule has 0 aliphatic carbocycles. The number of rotatable bonds is 8. The molecule has 3 heteroatoms. The number of aliphatic hydroxyl groups excluding tert-OH is 1. The predicted molar refractivity (Wildman–Crippen MR) is 47.9 cm³/mol. The fraction of sp³-hybridized carbons (Fsp3) is 0.778. The average molecular weight is 174 g/mol. The van der Waals surface area contributed by atoms with Gasteiger partial charge in [-0.1, -0.05) is 12.2 Å². The lowest BCUT2D eigenvalue weighted by atomic mass is 10.3. The first kappa shape index (κ1) is 11.6. The summed E-state index contributed by atoms with van der Waals surface area (Å²) in [5.41, 5.74) is 0. The summed E-state index contributed by atoms with van der Waals surface area (Å²) in [5.74, 6) is 0. The minimum Gasteiger partial charge on any atom is -0.396 e. The van der Waals surface area contributed by atoms with Crippen LogP contribution in [0, 0.1) is 0 Å². The fourth-order valence-electron chi connectivity index (χ4n) is 0.663. The number of hydrogen-bond acceptors (Lipinski definition) is 3.